The Balaban J connectivity index is 2.54. The lowest BCUT2D eigenvalue weighted by molar-refractivity contribution is 1.32. The molecule has 0 N–H and O–H groups in total. The Morgan fingerprint density at radius 1 is 0.933 bits per heavy atom. The molecule has 1 heterocycles. The van der Waals surface area contributed by atoms with Crippen LogP contribution in [0.2, 0.25) is 5.15 Å². The van der Waals surface area contributed by atoms with Gasteiger partial charge in [-0.1, -0.05) is 40.9 Å². The number of rotatable bonds is 1. The van der Waals surface area contributed by atoms with Gasteiger partial charge in [0.25, 0.3) is 0 Å². The molecule has 0 radical (unpaired) electrons. The van der Waals surface area contributed by atoms with Crippen LogP contribution in [0.15, 0.2) is 36.5 Å². The maximum Gasteiger partial charge on any atom is 0.129 e. The molecule has 2 rings (SSSR count). The van der Waals surface area contributed by atoms with Crippen molar-refractivity contribution in [2.75, 3.05) is 0 Å². The van der Waals surface area contributed by atoms with Gasteiger partial charge in [-0.3, -0.25) is 0 Å². The minimum Gasteiger partial charge on any atom is -0.245 e. The predicted molar refractivity (Wildman–Crippen MR) is 64.2 cm³/mol. The number of benzene rings is 1. The van der Waals surface area contributed by atoms with Gasteiger partial charge in [0.05, 0.1) is 0 Å². The Bertz CT molecular complexity index is 471. The smallest absolute Gasteiger partial charge is 0.129 e. The maximum atomic E-state index is 5.86. The quantitative estimate of drug-likeness (QED) is 0.658. The van der Waals surface area contributed by atoms with E-state index in [0.717, 1.165) is 5.56 Å². The number of hydrogen-bond acceptors (Lipinski definition) is 1. The molecule has 15 heavy (non-hydrogen) atoms. The molecule has 0 fully saturated rings. The molecule has 0 aliphatic heterocycles. The van der Waals surface area contributed by atoms with E-state index in [1.807, 2.05) is 12.1 Å². The summed E-state index contributed by atoms with van der Waals surface area (Å²) < 4.78 is 0. The first-order valence-electron chi connectivity index (χ1n) is 4.85. The van der Waals surface area contributed by atoms with Crippen molar-refractivity contribution in [1.82, 2.24) is 4.98 Å². The molecule has 0 spiro atoms. The lowest BCUT2D eigenvalue weighted by atomic mass is 10.0. The summed E-state index contributed by atoms with van der Waals surface area (Å²) in [5.74, 6) is 0. The second kappa shape index (κ2) is 4.03. The third-order valence-electron chi connectivity index (χ3n) is 2.28. The minimum absolute atomic E-state index is 0.534. The van der Waals surface area contributed by atoms with Crippen LogP contribution in [0.5, 0.6) is 0 Å². The molecular weight excluding hydrogens is 206 g/mol. The van der Waals surface area contributed by atoms with Gasteiger partial charge in [-0.05, 0) is 37.1 Å². The van der Waals surface area contributed by atoms with Crippen LogP contribution in [-0.4, -0.2) is 4.98 Å². The van der Waals surface area contributed by atoms with Crippen LogP contribution in [0.3, 0.4) is 0 Å². The van der Waals surface area contributed by atoms with Crippen molar-refractivity contribution in [3.05, 3.63) is 52.8 Å². The average molecular weight is 218 g/mol. The standard InChI is InChI=1S/C13H12ClN/c1-9-5-10(2)7-12(6-9)11-3-4-15-13(14)8-11/h3-8H,1-2H3. The van der Waals surface area contributed by atoms with E-state index in [2.05, 4.69) is 37.0 Å². The van der Waals surface area contributed by atoms with Crippen LogP contribution in [0.25, 0.3) is 11.1 Å². The van der Waals surface area contributed by atoms with Crippen LogP contribution in [0.4, 0.5) is 0 Å². The van der Waals surface area contributed by atoms with E-state index < -0.39 is 0 Å². The maximum absolute atomic E-state index is 5.86. The molecule has 1 aromatic heterocycles. The van der Waals surface area contributed by atoms with E-state index >= 15 is 0 Å². The van der Waals surface area contributed by atoms with Gasteiger partial charge in [0.1, 0.15) is 5.15 Å². The van der Waals surface area contributed by atoms with E-state index in [1.54, 1.807) is 6.20 Å². The number of pyridine rings is 1. The molecule has 0 saturated carbocycles. The largest absolute Gasteiger partial charge is 0.245 e. The van der Waals surface area contributed by atoms with Crippen LogP contribution in [-0.2, 0) is 0 Å². The molecule has 0 aliphatic rings. The number of nitrogens with zero attached hydrogens (tertiary/aromatic N) is 1. The molecule has 0 saturated heterocycles. The number of aromatic nitrogens is 1. The topological polar surface area (TPSA) is 12.9 Å². The van der Waals surface area contributed by atoms with Crippen LogP contribution in [0.1, 0.15) is 11.1 Å². The normalized spacial score (nSPS) is 10.3. The summed E-state index contributed by atoms with van der Waals surface area (Å²) in [7, 11) is 0. The van der Waals surface area contributed by atoms with Crippen LogP contribution >= 0.6 is 11.6 Å². The summed E-state index contributed by atoms with van der Waals surface area (Å²) in [4.78, 5) is 3.98. The summed E-state index contributed by atoms with van der Waals surface area (Å²) >= 11 is 5.86. The SMILES string of the molecule is Cc1cc(C)cc(-c2ccnc(Cl)c2)c1. The highest BCUT2D eigenvalue weighted by Gasteiger charge is 2.00. The van der Waals surface area contributed by atoms with E-state index in [1.165, 1.54) is 16.7 Å². The lowest BCUT2D eigenvalue weighted by Crippen LogP contribution is -1.83. The molecule has 2 aromatic rings. The van der Waals surface area contributed by atoms with Gasteiger partial charge in [0, 0.05) is 6.20 Å². The van der Waals surface area contributed by atoms with Gasteiger partial charge in [-0.2, -0.15) is 0 Å². The average Bonchev–Trinajstić information content (AvgIpc) is 2.16. The van der Waals surface area contributed by atoms with Crippen molar-refractivity contribution in [3.63, 3.8) is 0 Å². The monoisotopic (exact) mass is 217 g/mol. The third-order valence-corrected chi connectivity index (χ3v) is 2.49. The first kappa shape index (κ1) is 10.2. The van der Waals surface area contributed by atoms with Crippen molar-refractivity contribution in [2.45, 2.75) is 13.8 Å². The molecule has 1 nitrogen and oxygen atoms in total. The number of hydrogen-bond donors (Lipinski definition) is 0. The summed E-state index contributed by atoms with van der Waals surface area (Å²) in [6.07, 6.45) is 1.73. The Kier molecular flexibility index (Phi) is 2.74. The third kappa shape index (κ3) is 2.37. The van der Waals surface area contributed by atoms with Gasteiger partial charge >= 0.3 is 0 Å². The van der Waals surface area contributed by atoms with Crippen molar-refractivity contribution in [1.29, 1.82) is 0 Å². The molecule has 0 bridgehead atoms. The zero-order chi connectivity index (χ0) is 10.8. The second-order valence-electron chi connectivity index (χ2n) is 3.74. The van der Waals surface area contributed by atoms with E-state index in [4.69, 9.17) is 11.6 Å². The van der Waals surface area contributed by atoms with Crippen molar-refractivity contribution < 1.29 is 0 Å². The molecule has 0 unspecified atom stereocenters. The van der Waals surface area contributed by atoms with Gasteiger partial charge in [-0.25, -0.2) is 4.98 Å². The molecule has 2 heteroatoms. The Labute approximate surface area is 94.7 Å². The van der Waals surface area contributed by atoms with Crippen LogP contribution < -0.4 is 0 Å². The number of halogens is 1. The van der Waals surface area contributed by atoms with Crippen molar-refractivity contribution in [2.24, 2.45) is 0 Å². The van der Waals surface area contributed by atoms with Crippen LogP contribution in [0, 0.1) is 13.8 Å². The molecule has 1 aromatic carbocycles. The molecular formula is C13H12ClN. The summed E-state index contributed by atoms with van der Waals surface area (Å²) in [5.41, 5.74) is 4.83. The Hall–Kier alpha value is -1.34. The van der Waals surface area contributed by atoms with Gasteiger partial charge in [0.2, 0.25) is 0 Å². The minimum atomic E-state index is 0.534. The zero-order valence-electron chi connectivity index (χ0n) is 8.79. The highest BCUT2D eigenvalue weighted by Crippen LogP contribution is 2.23. The Morgan fingerprint density at radius 3 is 2.20 bits per heavy atom. The van der Waals surface area contributed by atoms with E-state index in [0.29, 0.717) is 5.15 Å². The highest BCUT2D eigenvalue weighted by molar-refractivity contribution is 6.29. The molecule has 0 amide bonds. The van der Waals surface area contributed by atoms with Gasteiger partial charge in [-0.15, -0.1) is 0 Å². The van der Waals surface area contributed by atoms with Crippen molar-refractivity contribution >= 4 is 11.6 Å². The second-order valence-corrected chi connectivity index (χ2v) is 4.13. The van der Waals surface area contributed by atoms with E-state index in [-0.39, 0.29) is 0 Å². The summed E-state index contributed by atoms with van der Waals surface area (Å²) in [6, 6.07) is 10.3. The van der Waals surface area contributed by atoms with Gasteiger partial charge < -0.3 is 0 Å². The molecule has 76 valence electrons. The Morgan fingerprint density at radius 2 is 1.60 bits per heavy atom. The number of aryl methyl sites for hydroxylation is 2. The lowest BCUT2D eigenvalue weighted by Gasteiger charge is -2.05. The van der Waals surface area contributed by atoms with Gasteiger partial charge in [0.15, 0.2) is 0 Å². The fourth-order valence-corrected chi connectivity index (χ4v) is 1.90. The fourth-order valence-electron chi connectivity index (χ4n) is 1.72. The highest BCUT2D eigenvalue weighted by atomic mass is 35.5. The van der Waals surface area contributed by atoms with E-state index in [9.17, 15) is 0 Å². The first-order valence-corrected chi connectivity index (χ1v) is 5.23. The zero-order valence-corrected chi connectivity index (χ0v) is 9.55. The van der Waals surface area contributed by atoms with Crippen molar-refractivity contribution in [3.8, 4) is 11.1 Å². The molecule has 0 aliphatic carbocycles. The molecule has 0 atom stereocenters. The summed E-state index contributed by atoms with van der Waals surface area (Å²) in [5, 5.41) is 0.534. The summed E-state index contributed by atoms with van der Waals surface area (Å²) in [6.45, 7) is 4.19. The fraction of sp³-hybridized carbons (Fsp3) is 0.154. The predicted octanol–water partition coefficient (Wildman–Crippen LogP) is 4.02. The first-order chi connectivity index (χ1) is 7.15.